The Bertz CT molecular complexity index is 988. The third-order valence-electron chi connectivity index (χ3n) is 4.25. The minimum absolute atomic E-state index is 0.0369. The lowest BCUT2D eigenvalue weighted by atomic mass is 10.1. The number of thiocarbonyl (C=S) groups is 1. The Balaban J connectivity index is 2.09. The molecular formula is C20H17ClN2O4S. The number of phenols is 1. The van der Waals surface area contributed by atoms with E-state index < -0.39 is 11.8 Å². The molecule has 144 valence electrons. The molecule has 6 nitrogen and oxygen atoms in total. The Labute approximate surface area is 172 Å². The van der Waals surface area contributed by atoms with Gasteiger partial charge in [-0.15, -0.1) is 0 Å². The molecule has 0 aromatic heterocycles. The van der Waals surface area contributed by atoms with E-state index in [2.05, 4.69) is 0 Å². The summed E-state index contributed by atoms with van der Waals surface area (Å²) in [5, 5.41) is 10.4. The van der Waals surface area contributed by atoms with Crippen molar-refractivity contribution in [3.8, 4) is 11.5 Å². The second-order valence-electron chi connectivity index (χ2n) is 5.94. The maximum Gasteiger partial charge on any atom is 0.270 e. The van der Waals surface area contributed by atoms with Gasteiger partial charge in [0.25, 0.3) is 11.8 Å². The number of methoxy groups -OCH3 is 1. The van der Waals surface area contributed by atoms with E-state index in [-0.39, 0.29) is 22.2 Å². The lowest BCUT2D eigenvalue weighted by Crippen LogP contribution is -2.56. The normalized spacial score (nSPS) is 16.1. The largest absolute Gasteiger partial charge is 0.504 e. The van der Waals surface area contributed by atoms with Crippen LogP contribution < -0.4 is 9.64 Å². The standard InChI is InChI=1S/C20H17ClN2O4S/c1-3-22-18(25)15(10-12-4-9-16(24)17(11-12)27-2)19(26)23(20(22)28)14-7-5-13(21)6-8-14/h4-11,24H,3H2,1-2H3/b15-10+. The van der Waals surface area contributed by atoms with Crippen LogP contribution in [-0.4, -0.2) is 40.6 Å². The number of ether oxygens (including phenoxy) is 1. The van der Waals surface area contributed by atoms with Gasteiger partial charge in [0.15, 0.2) is 16.6 Å². The second kappa shape index (κ2) is 8.00. The predicted octanol–water partition coefficient (Wildman–Crippen LogP) is 3.62. The van der Waals surface area contributed by atoms with Crippen LogP contribution >= 0.6 is 23.8 Å². The monoisotopic (exact) mass is 416 g/mol. The minimum atomic E-state index is -0.533. The smallest absolute Gasteiger partial charge is 0.270 e. The highest BCUT2D eigenvalue weighted by molar-refractivity contribution is 7.80. The van der Waals surface area contributed by atoms with E-state index in [4.69, 9.17) is 28.6 Å². The molecular weight excluding hydrogens is 400 g/mol. The van der Waals surface area contributed by atoms with Crippen LogP contribution in [0, 0.1) is 0 Å². The van der Waals surface area contributed by atoms with Gasteiger partial charge < -0.3 is 9.84 Å². The number of nitrogens with zero attached hydrogens (tertiary/aromatic N) is 2. The average Bonchev–Trinajstić information content (AvgIpc) is 2.68. The Kier molecular flexibility index (Phi) is 5.67. The molecule has 0 unspecified atom stereocenters. The van der Waals surface area contributed by atoms with Crippen LogP contribution in [0.1, 0.15) is 12.5 Å². The molecule has 2 aromatic rings. The molecule has 2 amide bonds. The number of carbonyl (C=O) groups is 2. The number of amides is 2. The Hall–Kier alpha value is -2.90. The molecule has 1 aliphatic heterocycles. The summed E-state index contributed by atoms with van der Waals surface area (Å²) in [6, 6.07) is 11.2. The maximum atomic E-state index is 13.1. The fraction of sp³-hybridized carbons (Fsp3) is 0.150. The lowest BCUT2D eigenvalue weighted by molar-refractivity contribution is -0.127. The average molecular weight is 417 g/mol. The molecule has 28 heavy (non-hydrogen) atoms. The highest BCUT2D eigenvalue weighted by atomic mass is 35.5. The van der Waals surface area contributed by atoms with Crippen LogP contribution in [0.15, 0.2) is 48.0 Å². The highest BCUT2D eigenvalue weighted by Crippen LogP contribution is 2.30. The number of halogens is 1. The Morgan fingerprint density at radius 2 is 1.82 bits per heavy atom. The molecule has 8 heteroatoms. The fourth-order valence-electron chi connectivity index (χ4n) is 2.82. The number of aromatic hydroxyl groups is 1. The number of carbonyl (C=O) groups excluding carboxylic acids is 2. The number of phenolic OH excluding ortho intramolecular Hbond substituents is 1. The molecule has 3 rings (SSSR count). The van der Waals surface area contributed by atoms with E-state index in [1.165, 1.54) is 29.1 Å². The molecule has 0 radical (unpaired) electrons. The number of hydrogen-bond acceptors (Lipinski definition) is 5. The van der Waals surface area contributed by atoms with Crippen LogP contribution in [-0.2, 0) is 9.59 Å². The molecule has 2 aromatic carbocycles. The third-order valence-corrected chi connectivity index (χ3v) is 4.90. The lowest BCUT2D eigenvalue weighted by Gasteiger charge is -2.36. The molecule has 1 N–H and O–H groups in total. The van der Waals surface area contributed by atoms with Gasteiger partial charge in [0.05, 0.1) is 12.8 Å². The van der Waals surface area contributed by atoms with Crippen LogP contribution in [0.2, 0.25) is 5.02 Å². The van der Waals surface area contributed by atoms with Gasteiger partial charge in [0, 0.05) is 11.6 Å². The van der Waals surface area contributed by atoms with Crippen molar-refractivity contribution in [3.05, 3.63) is 58.6 Å². The van der Waals surface area contributed by atoms with Gasteiger partial charge in [0.1, 0.15) is 5.57 Å². The van der Waals surface area contributed by atoms with E-state index in [1.807, 2.05) is 0 Å². The van der Waals surface area contributed by atoms with Crippen molar-refractivity contribution < 1.29 is 19.4 Å². The number of hydrogen-bond donors (Lipinski definition) is 1. The SMILES string of the molecule is CCN1C(=O)/C(=C\c2ccc(O)c(OC)c2)C(=O)N(c2ccc(Cl)cc2)C1=S. The molecule has 0 atom stereocenters. The summed E-state index contributed by atoms with van der Waals surface area (Å²) in [7, 11) is 1.42. The molecule has 0 saturated carbocycles. The third kappa shape index (κ3) is 3.58. The van der Waals surface area contributed by atoms with E-state index >= 15 is 0 Å². The number of rotatable bonds is 4. The second-order valence-corrected chi connectivity index (χ2v) is 6.74. The Morgan fingerprint density at radius 3 is 2.43 bits per heavy atom. The van der Waals surface area contributed by atoms with Gasteiger partial charge in [-0.3, -0.25) is 19.4 Å². The van der Waals surface area contributed by atoms with Gasteiger partial charge in [-0.2, -0.15) is 0 Å². The van der Waals surface area contributed by atoms with Crippen molar-refractivity contribution in [2.24, 2.45) is 0 Å². The molecule has 0 spiro atoms. The highest BCUT2D eigenvalue weighted by Gasteiger charge is 2.39. The number of benzene rings is 2. The topological polar surface area (TPSA) is 70.1 Å². The maximum absolute atomic E-state index is 13.1. The van der Waals surface area contributed by atoms with Crippen LogP contribution in [0.25, 0.3) is 6.08 Å². The zero-order valence-corrected chi connectivity index (χ0v) is 16.8. The quantitative estimate of drug-likeness (QED) is 0.468. The van der Waals surface area contributed by atoms with E-state index in [0.29, 0.717) is 22.8 Å². The zero-order valence-electron chi connectivity index (χ0n) is 15.2. The molecule has 1 heterocycles. The number of anilines is 1. The summed E-state index contributed by atoms with van der Waals surface area (Å²) in [5.41, 5.74) is 1.00. The molecule has 1 fully saturated rings. The van der Waals surface area contributed by atoms with Crippen molar-refractivity contribution in [1.82, 2.24) is 4.90 Å². The summed E-state index contributed by atoms with van der Waals surface area (Å²) in [5.74, 6) is -0.809. The molecule has 0 bridgehead atoms. The van der Waals surface area contributed by atoms with Crippen LogP contribution in [0.4, 0.5) is 5.69 Å². The van der Waals surface area contributed by atoms with E-state index in [1.54, 1.807) is 43.3 Å². The Morgan fingerprint density at radius 1 is 1.14 bits per heavy atom. The fourth-order valence-corrected chi connectivity index (χ4v) is 3.35. The number of likely N-dealkylation sites (N-methyl/N-ethyl adjacent to an activating group) is 1. The first kappa shape index (κ1) is 19.9. The van der Waals surface area contributed by atoms with Crippen molar-refractivity contribution in [3.63, 3.8) is 0 Å². The molecule has 0 aliphatic carbocycles. The summed E-state index contributed by atoms with van der Waals surface area (Å²) in [6.07, 6.45) is 1.46. The van der Waals surface area contributed by atoms with E-state index in [0.717, 1.165) is 0 Å². The summed E-state index contributed by atoms with van der Waals surface area (Å²) < 4.78 is 5.09. The van der Waals surface area contributed by atoms with Crippen molar-refractivity contribution in [1.29, 1.82) is 0 Å². The van der Waals surface area contributed by atoms with Crippen molar-refractivity contribution >= 4 is 52.5 Å². The van der Waals surface area contributed by atoms with Crippen LogP contribution in [0.3, 0.4) is 0 Å². The van der Waals surface area contributed by atoms with Gasteiger partial charge in [-0.1, -0.05) is 17.7 Å². The summed E-state index contributed by atoms with van der Waals surface area (Å²) >= 11 is 11.3. The van der Waals surface area contributed by atoms with Gasteiger partial charge >= 0.3 is 0 Å². The first-order valence-corrected chi connectivity index (χ1v) is 9.20. The summed E-state index contributed by atoms with van der Waals surface area (Å²) in [6.45, 7) is 2.09. The molecule has 1 aliphatic rings. The van der Waals surface area contributed by atoms with Crippen molar-refractivity contribution in [2.45, 2.75) is 6.92 Å². The van der Waals surface area contributed by atoms with Gasteiger partial charge in [0.2, 0.25) is 0 Å². The van der Waals surface area contributed by atoms with E-state index in [9.17, 15) is 14.7 Å². The van der Waals surface area contributed by atoms with Crippen LogP contribution in [0.5, 0.6) is 11.5 Å². The van der Waals surface area contributed by atoms with Gasteiger partial charge in [-0.05, 0) is 67.2 Å². The predicted molar refractivity (Wildman–Crippen MR) is 112 cm³/mol. The van der Waals surface area contributed by atoms with Gasteiger partial charge in [-0.25, -0.2) is 0 Å². The summed E-state index contributed by atoms with van der Waals surface area (Å²) in [4.78, 5) is 28.6. The first-order valence-electron chi connectivity index (χ1n) is 8.42. The zero-order chi connectivity index (χ0) is 20.4. The van der Waals surface area contributed by atoms with Crippen molar-refractivity contribution in [2.75, 3.05) is 18.6 Å². The minimum Gasteiger partial charge on any atom is -0.504 e. The molecule has 1 saturated heterocycles. The first-order chi connectivity index (χ1) is 13.4.